The van der Waals surface area contributed by atoms with E-state index in [2.05, 4.69) is 23.8 Å². The van der Waals surface area contributed by atoms with Crippen LogP contribution in [0.4, 0.5) is 0 Å². The van der Waals surface area contributed by atoms with Gasteiger partial charge in [-0.2, -0.15) is 0 Å². The Morgan fingerprint density at radius 1 is 1.47 bits per heavy atom. The van der Waals surface area contributed by atoms with Crippen LogP contribution in [0.2, 0.25) is 0 Å². The van der Waals surface area contributed by atoms with Crippen LogP contribution in [-0.2, 0) is 10.2 Å². The van der Waals surface area contributed by atoms with Gasteiger partial charge in [-0.3, -0.25) is 0 Å². The lowest BCUT2D eigenvalue weighted by Crippen LogP contribution is -2.52. The molecule has 0 radical (unpaired) electrons. The molecule has 0 unspecified atom stereocenters. The maximum Gasteiger partial charge on any atom is 0.133 e. The van der Waals surface area contributed by atoms with Crippen molar-refractivity contribution in [1.82, 2.24) is 4.98 Å². The molecule has 17 heavy (non-hydrogen) atoms. The number of ether oxygens (including phenoxy) is 1. The smallest absolute Gasteiger partial charge is 0.133 e. The molecule has 1 saturated heterocycles. The molecule has 3 heterocycles. The van der Waals surface area contributed by atoms with Crippen molar-refractivity contribution >= 4 is 22.7 Å². The fourth-order valence-corrected chi connectivity index (χ4v) is 3.97. The number of nitrogens with zero attached hydrogens (tertiary/aromatic N) is 1. The van der Waals surface area contributed by atoms with Gasteiger partial charge < -0.3 is 10.5 Å². The van der Waals surface area contributed by atoms with Crippen molar-refractivity contribution in [3.05, 3.63) is 28.1 Å². The minimum Gasteiger partial charge on any atom is -0.379 e. The van der Waals surface area contributed by atoms with Crippen molar-refractivity contribution in [3.8, 4) is 9.88 Å². The summed E-state index contributed by atoms with van der Waals surface area (Å²) in [5, 5.41) is 5.34. The van der Waals surface area contributed by atoms with E-state index in [1.807, 2.05) is 0 Å². The Labute approximate surface area is 108 Å². The van der Waals surface area contributed by atoms with Crippen LogP contribution in [0, 0.1) is 6.92 Å². The third kappa shape index (κ3) is 1.74. The molecular weight excluding hydrogens is 252 g/mol. The average Bonchev–Trinajstić information content (AvgIpc) is 2.86. The van der Waals surface area contributed by atoms with Crippen molar-refractivity contribution in [2.24, 2.45) is 5.73 Å². The largest absolute Gasteiger partial charge is 0.379 e. The predicted octanol–water partition coefficient (Wildman–Crippen LogP) is 2.41. The van der Waals surface area contributed by atoms with Crippen molar-refractivity contribution in [2.45, 2.75) is 12.3 Å². The predicted molar refractivity (Wildman–Crippen MR) is 71.7 cm³/mol. The molecule has 1 aliphatic heterocycles. The first-order valence-corrected chi connectivity index (χ1v) is 7.29. The van der Waals surface area contributed by atoms with Gasteiger partial charge in [-0.1, -0.05) is 0 Å². The number of aryl methyl sites for hydroxylation is 1. The molecule has 0 aliphatic carbocycles. The Morgan fingerprint density at radius 2 is 2.29 bits per heavy atom. The first kappa shape index (κ1) is 11.3. The van der Waals surface area contributed by atoms with Gasteiger partial charge in [-0.25, -0.2) is 4.98 Å². The van der Waals surface area contributed by atoms with Gasteiger partial charge in [-0.15, -0.1) is 22.7 Å². The van der Waals surface area contributed by atoms with E-state index in [4.69, 9.17) is 15.5 Å². The Bertz CT molecular complexity index is 523. The van der Waals surface area contributed by atoms with Gasteiger partial charge in [-0.05, 0) is 23.9 Å². The molecule has 2 aromatic heterocycles. The van der Waals surface area contributed by atoms with Gasteiger partial charge in [0.1, 0.15) is 5.01 Å². The minimum absolute atomic E-state index is 0.0279. The molecule has 90 valence electrons. The number of rotatable bonds is 3. The highest BCUT2D eigenvalue weighted by atomic mass is 32.1. The molecule has 3 nitrogen and oxygen atoms in total. The molecule has 2 N–H and O–H groups in total. The molecule has 0 atom stereocenters. The average molecular weight is 266 g/mol. The minimum atomic E-state index is -0.0279. The Hall–Kier alpha value is -0.750. The SMILES string of the molecule is Cc1ccsc1-c1nc(C2(CN)COC2)cs1. The van der Waals surface area contributed by atoms with E-state index in [1.165, 1.54) is 10.4 Å². The number of aromatic nitrogens is 1. The van der Waals surface area contributed by atoms with Crippen molar-refractivity contribution in [1.29, 1.82) is 0 Å². The normalized spacial score (nSPS) is 18.0. The van der Waals surface area contributed by atoms with Crippen LogP contribution in [-0.4, -0.2) is 24.7 Å². The molecule has 0 bridgehead atoms. The fraction of sp³-hybridized carbons (Fsp3) is 0.417. The van der Waals surface area contributed by atoms with Gasteiger partial charge in [0.25, 0.3) is 0 Å². The van der Waals surface area contributed by atoms with E-state index < -0.39 is 0 Å². The monoisotopic (exact) mass is 266 g/mol. The third-order valence-corrected chi connectivity index (χ3v) is 5.26. The summed E-state index contributed by atoms with van der Waals surface area (Å²) in [4.78, 5) is 6.02. The molecule has 0 spiro atoms. The van der Waals surface area contributed by atoms with Crippen molar-refractivity contribution in [3.63, 3.8) is 0 Å². The molecule has 5 heteroatoms. The van der Waals surface area contributed by atoms with E-state index >= 15 is 0 Å². The lowest BCUT2D eigenvalue weighted by molar-refractivity contribution is -0.0568. The highest BCUT2D eigenvalue weighted by molar-refractivity contribution is 7.20. The first-order valence-electron chi connectivity index (χ1n) is 5.53. The summed E-state index contributed by atoms with van der Waals surface area (Å²) >= 11 is 3.45. The Balaban J connectivity index is 1.96. The molecule has 0 aromatic carbocycles. The summed E-state index contributed by atoms with van der Waals surface area (Å²) in [7, 11) is 0. The maximum absolute atomic E-state index is 5.85. The zero-order valence-corrected chi connectivity index (χ0v) is 11.2. The topological polar surface area (TPSA) is 48.1 Å². The van der Waals surface area contributed by atoms with Crippen LogP contribution in [0.3, 0.4) is 0 Å². The Kier molecular flexibility index (Phi) is 2.78. The molecule has 2 aromatic rings. The standard InChI is InChI=1S/C12H14N2OS2/c1-8-2-3-16-10(8)11-14-9(4-17-11)12(5-13)6-15-7-12/h2-4H,5-7,13H2,1H3. The third-order valence-electron chi connectivity index (χ3n) is 3.25. The molecule has 1 aliphatic rings. The zero-order valence-electron chi connectivity index (χ0n) is 9.60. The molecule has 0 saturated carbocycles. The summed E-state index contributed by atoms with van der Waals surface area (Å²) in [6.07, 6.45) is 0. The second kappa shape index (κ2) is 4.17. The molecule has 3 rings (SSSR count). The lowest BCUT2D eigenvalue weighted by Gasteiger charge is -2.39. The van der Waals surface area contributed by atoms with Gasteiger partial charge in [0.15, 0.2) is 0 Å². The number of hydrogen-bond acceptors (Lipinski definition) is 5. The molecular formula is C12H14N2OS2. The highest BCUT2D eigenvalue weighted by Crippen LogP contribution is 2.37. The van der Waals surface area contributed by atoms with Crippen molar-refractivity contribution in [2.75, 3.05) is 19.8 Å². The zero-order chi connectivity index (χ0) is 11.9. The van der Waals surface area contributed by atoms with E-state index in [-0.39, 0.29) is 5.41 Å². The number of thiazole rings is 1. The quantitative estimate of drug-likeness (QED) is 0.928. The summed E-state index contributed by atoms with van der Waals surface area (Å²) < 4.78 is 5.29. The van der Waals surface area contributed by atoms with Gasteiger partial charge in [0.05, 0.1) is 29.2 Å². The van der Waals surface area contributed by atoms with Crippen LogP contribution in [0.1, 0.15) is 11.3 Å². The van der Waals surface area contributed by atoms with Crippen LogP contribution in [0.5, 0.6) is 0 Å². The summed E-state index contributed by atoms with van der Waals surface area (Å²) in [6.45, 7) is 4.14. The fourth-order valence-electron chi connectivity index (χ4n) is 1.93. The second-order valence-corrected chi connectivity index (χ2v) is 6.22. The van der Waals surface area contributed by atoms with Gasteiger partial charge in [0, 0.05) is 11.9 Å². The Morgan fingerprint density at radius 3 is 2.82 bits per heavy atom. The van der Waals surface area contributed by atoms with E-state index in [0.29, 0.717) is 19.8 Å². The van der Waals surface area contributed by atoms with Crippen LogP contribution >= 0.6 is 22.7 Å². The van der Waals surface area contributed by atoms with E-state index in [0.717, 1.165) is 10.7 Å². The summed E-state index contributed by atoms with van der Waals surface area (Å²) in [5.74, 6) is 0. The first-order chi connectivity index (χ1) is 8.25. The summed E-state index contributed by atoms with van der Waals surface area (Å²) in [6, 6.07) is 2.13. The lowest BCUT2D eigenvalue weighted by atomic mass is 9.83. The number of nitrogens with two attached hydrogens (primary N) is 1. The molecule has 0 amide bonds. The number of thiophene rings is 1. The highest BCUT2D eigenvalue weighted by Gasteiger charge is 2.41. The van der Waals surface area contributed by atoms with Crippen LogP contribution in [0.25, 0.3) is 9.88 Å². The van der Waals surface area contributed by atoms with Crippen molar-refractivity contribution < 1.29 is 4.74 Å². The maximum atomic E-state index is 5.85. The molecule has 1 fully saturated rings. The second-order valence-electron chi connectivity index (χ2n) is 4.45. The van der Waals surface area contributed by atoms with Crippen LogP contribution < -0.4 is 5.73 Å². The van der Waals surface area contributed by atoms with E-state index in [9.17, 15) is 0 Å². The van der Waals surface area contributed by atoms with Gasteiger partial charge in [0.2, 0.25) is 0 Å². The van der Waals surface area contributed by atoms with Gasteiger partial charge >= 0.3 is 0 Å². The number of hydrogen-bond donors (Lipinski definition) is 1. The summed E-state index contributed by atoms with van der Waals surface area (Å²) in [5.41, 5.74) is 8.21. The van der Waals surface area contributed by atoms with Crippen LogP contribution in [0.15, 0.2) is 16.8 Å². The van der Waals surface area contributed by atoms with E-state index in [1.54, 1.807) is 22.7 Å².